The summed E-state index contributed by atoms with van der Waals surface area (Å²) in [6.45, 7) is 1.56. The smallest absolute Gasteiger partial charge is 0.255 e. The van der Waals surface area contributed by atoms with E-state index in [0.717, 1.165) is 19.5 Å². The normalized spacial score (nSPS) is 18.2. The molecule has 102 valence electrons. The first-order chi connectivity index (χ1) is 9.74. The number of carbonyl (C=O) groups is 1. The summed E-state index contributed by atoms with van der Waals surface area (Å²) in [6.07, 6.45) is 2.55. The molecule has 1 aliphatic heterocycles. The molecule has 1 unspecified atom stereocenters. The van der Waals surface area contributed by atoms with E-state index in [1.165, 1.54) is 5.56 Å². The Morgan fingerprint density at radius 3 is 2.70 bits per heavy atom. The van der Waals surface area contributed by atoms with Crippen molar-refractivity contribution < 1.29 is 4.79 Å². The second kappa shape index (κ2) is 5.63. The van der Waals surface area contributed by atoms with Crippen LogP contribution in [-0.4, -0.2) is 28.9 Å². The summed E-state index contributed by atoms with van der Waals surface area (Å²) in [6, 6.07) is 13.7. The van der Waals surface area contributed by atoms with Crippen molar-refractivity contribution in [2.75, 3.05) is 13.1 Å². The van der Waals surface area contributed by atoms with E-state index < -0.39 is 0 Å². The number of aromatic nitrogens is 1. The van der Waals surface area contributed by atoms with Crippen molar-refractivity contribution in [3.05, 3.63) is 64.9 Å². The maximum atomic E-state index is 12.4. The number of carbonyl (C=O) groups excluding carboxylic acids is 1. The van der Waals surface area contributed by atoms with Gasteiger partial charge in [0.1, 0.15) is 5.15 Å². The van der Waals surface area contributed by atoms with Crippen LogP contribution < -0.4 is 0 Å². The topological polar surface area (TPSA) is 33.2 Å². The first-order valence-corrected chi connectivity index (χ1v) is 7.07. The Balaban J connectivity index is 1.71. The van der Waals surface area contributed by atoms with Crippen LogP contribution in [0.3, 0.4) is 0 Å². The quantitative estimate of drug-likeness (QED) is 0.793. The third kappa shape index (κ3) is 2.68. The predicted molar refractivity (Wildman–Crippen MR) is 79.0 cm³/mol. The number of pyridine rings is 1. The van der Waals surface area contributed by atoms with Gasteiger partial charge in [0.2, 0.25) is 0 Å². The number of likely N-dealkylation sites (tertiary alicyclic amines) is 1. The van der Waals surface area contributed by atoms with Crippen LogP contribution in [0.5, 0.6) is 0 Å². The highest BCUT2D eigenvalue weighted by atomic mass is 35.5. The van der Waals surface area contributed by atoms with Crippen molar-refractivity contribution in [1.29, 1.82) is 0 Å². The zero-order valence-corrected chi connectivity index (χ0v) is 11.8. The molecule has 0 saturated carbocycles. The zero-order valence-electron chi connectivity index (χ0n) is 11.0. The fraction of sp³-hybridized carbons (Fsp3) is 0.250. The lowest BCUT2D eigenvalue weighted by Gasteiger charge is -2.16. The van der Waals surface area contributed by atoms with Crippen LogP contribution in [0.15, 0.2) is 48.7 Å². The predicted octanol–water partition coefficient (Wildman–Crippen LogP) is 3.36. The number of rotatable bonds is 2. The minimum Gasteiger partial charge on any atom is -0.338 e. The molecule has 0 radical (unpaired) electrons. The Morgan fingerprint density at radius 2 is 2.00 bits per heavy atom. The van der Waals surface area contributed by atoms with Gasteiger partial charge in [-0.1, -0.05) is 41.9 Å². The third-order valence-corrected chi connectivity index (χ3v) is 3.94. The third-order valence-electron chi connectivity index (χ3n) is 3.72. The summed E-state index contributed by atoms with van der Waals surface area (Å²) in [5.74, 6) is 0.466. The van der Waals surface area contributed by atoms with Crippen LogP contribution in [0.25, 0.3) is 0 Å². The Kier molecular flexibility index (Phi) is 3.70. The molecular weight excluding hydrogens is 272 g/mol. The molecule has 2 heterocycles. The Hall–Kier alpha value is -1.87. The second-order valence-corrected chi connectivity index (χ2v) is 5.40. The van der Waals surface area contributed by atoms with Gasteiger partial charge in [0.25, 0.3) is 5.91 Å². The number of benzene rings is 1. The highest BCUT2D eigenvalue weighted by Gasteiger charge is 2.27. The van der Waals surface area contributed by atoms with E-state index in [1.54, 1.807) is 18.3 Å². The summed E-state index contributed by atoms with van der Waals surface area (Å²) in [5.41, 5.74) is 1.90. The van der Waals surface area contributed by atoms with E-state index in [0.29, 0.717) is 16.6 Å². The fourth-order valence-corrected chi connectivity index (χ4v) is 2.74. The second-order valence-electron chi connectivity index (χ2n) is 5.02. The van der Waals surface area contributed by atoms with Gasteiger partial charge in [-0.15, -0.1) is 0 Å². The summed E-state index contributed by atoms with van der Waals surface area (Å²) in [7, 11) is 0. The Labute approximate surface area is 123 Å². The van der Waals surface area contributed by atoms with Crippen molar-refractivity contribution in [2.24, 2.45) is 0 Å². The van der Waals surface area contributed by atoms with E-state index in [1.807, 2.05) is 23.1 Å². The maximum Gasteiger partial charge on any atom is 0.255 e. The van der Waals surface area contributed by atoms with Gasteiger partial charge in [0.05, 0.1) is 5.56 Å². The SMILES string of the molecule is O=C(c1ccc(Cl)nc1)N1CCC(c2ccccc2)C1. The van der Waals surface area contributed by atoms with Gasteiger partial charge in [-0.05, 0) is 24.1 Å². The van der Waals surface area contributed by atoms with E-state index in [4.69, 9.17) is 11.6 Å². The van der Waals surface area contributed by atoms with Crippen LogP contribution in [0, 0.1) is 0 Å². The minimum atomic E-state index is 0.0348. The number of hydrogen-bond acceptors (Lipinski definition) is 2. The van der Waals surface area contributed by atoms with Crippen molar-refractivity contribution in [1.82, 2.24) is 9.88 Å². The minimum absolute atomic E-state index is 0.0348. The van der Waals surface area contributed by atoms with Gasteiger partial charge in [0.15, 0.2) is 0 Å². The molecule has 0 aliphatic carbocycles. The lowest BCUT2D eigenvalue weighted by Crippen LogP contribution is -2.28. The van der Waals surface area contributed by atoms with Gasteiger partial charge in [0, 0.05) is 25.2 Å². The van der Waals surface area contributed by atoms with Gasteiger partial charge >= 0.3 is 0 Å². The lowest BCUT2D eigenvalue weighted by atomic mass is 9.99. The van der Waals surface area contributed by atoms with Crippen molar-refractivity contribution >= 4 is 17.5 Å². The van der Waals surface area contributed by atoms with E-state index in [-0.39, 0.29) is 5.91 Å². The monoisotopic (exact) mass is 286 g/mol. The van der Waals surface area contributed by atoms with E-state index >= 15 is 0 Å². The van der Waals surface area contributed by atoms with Gasteiger partial charge in [-0.2, -0.15) is 0 Å². The lowest BCUT2D eigenvalue weighted by molar-refractivity contribution is 0.0790. The van der Waals surface area contributed by atoms with Crippen LogP contribution in [0.1, 0.15) is 28.3 Å². The molecule has 0 bridgehead atoms. The summed E-state index contributed by atoms with van der Waals surface area (Å²) in [4.78, 5) is 18.2. The van der Waals surface area contributed by atoms with E-state index in [9.17, 15) is 4.79 Å². The van der Waals surface area contributed by atoms with Gasteiger partial charge in [-0.25, -0.2) is 4.98 Å². The molecule has 0 N–H and O–H groups in total. The summed E-state index contributed by atoms with van der Waals surface area (Å²) >= 11 is 5.74. The molecule has 0 spiro atoms. The van der Waals surface area contributed by atoms with Crippen molar-refractivity contribution in [2.45, 2.75) is 12.3 Å². The molecule has 1 amide bonds. The zero-order chi connectivity index (χ0) is 13.9. The van der Waals surface area contributed by atoms with Crippen LogP contribution in [-0.2, 0) is 0 Å². The molecule has 3 nitrogen and oxygen atoms in total. The molecule has 20 heavy (non-hydrogen) atoms. The average molecular weight is 287 g/mol. The molecular formula is C16H15ClN2O. The molecule has 1 saturated heterocycles. The summed E-state index contributed by atoms with van der Waals surface area (Å²) in [5, 5.41) is 0.408. The Bertz CT molecular complexity index is 598. The first kappa shape index (κ1) is 13.1. The largest absolute Gasteiger partial charge is 0.338 e. The van der Waals surface area contributed by atoms with Crippen LogP contribution in [0.4, 0.5) is 0 Å². The fourth-order valence-electron chi connectivity index (χ4n) is 2.63. The highest BCUT2D eigenvalue weighted by molar-refractivity contribution is 6.29. The molecule has 4 heteroatoms. The van der Waals surface area contributed by atoms with E-state index in [2.05, 4.69) is 17.1 Å². The van der Waals surface area contributed by atoms with Crippen molar-refractivity contribution in [3.8, 4) is 0 Å². The van der Waals surface area contributed by atoms with Crippen LogP contribution >= 0.6 is 11.6 Å². The molecule has 1 aliphatic rings. The molecule has 1 fully saturated rings. The van der Waals surface area contributed by atoms with Gasteiger partial charge in [-0.3, -0.25) is 4.79 Å². The number of hydrogen-bond donors (Lipinski definition) is 0. The molecule has 1 aromatic heterocycles. The number of halogens is 1. The summed E-state index contributed by atoms with van der Waals surface area (Å²) < 4.78 is 0. The average Bonchev–Trinajstić information content (AvgIpc) is 2.98. The Morgan fingerprint density at radius 1 is 1.20 bits per heavy atom. The molecule has 1 atom stereocenters. The standard InChI is InChI=1S/C16H15ClN2O/c17-15-7-6-13(10-18-15)16(20)19-9-8-14(11-19)12-4-2-1-3-5-12/h1-7,10,14H,8-9,11H2. The van der Waals surface area contributed by atoms with Crippen molar-refractivity contribution in [3.63, 3.8) is 0 Å². The highest BCUT2D eigenvalue weighted by Crippen LogP contribution is 2.27. The van der Waals surface area contributed by atoms with Crippen LogP contribution in [0.2, 0.25) is 5.15 Å². The number of amides is 1. The molecule has 1 aromatic carbocycles. The van der Waals surface area contributed by atoms with Gasteiger partial charge < -0.3 is 4.90 Å². The molecule has 2 aromatic rings. The first-order valence-electron chi connectivity index (χ1n) is 6.70. The molecule has 3 rings (SSSR count). The number of nitrogens with zero attached hydrogens (tertiary/aromatic N) is 2. The maximum absolute atomic E-state index is 12.4.